The molecule has 0 fully saturated rings. The first-order chi connectivity index (χ1) is 14.3. The highest BCUT2D eigenvalue weighted by molar-refractivity contribution is 14.0. The summed E-state index contributed by atoms with van der Waals surface area (Å²) in [6.45, 7) is 4.80. The Labute approximate surface area is 202 Å². The van der Waals surface area contributed by atoms with E-state index >= 15 is 0 Å². The molecule has 11 heteroatoms. The van der Waals surface area contributed by atoms with Crippen LogP contribution < -0.4 is 15.4 Å². The number of benzene rings is 1. The van der Waals surface area contributed by atoms with Crippen molar-refractivity contribution in [3.8, 4) is 5.75 Å². The fraction of sp³-hybridized carbons (Fsp3) is 0.500. The zero-order valence-electron chi connectivity index (χ0n) is 17.8. The summed E-state index contributed by atoms with van der Waals surface area (Å²) in [5.41, 5.74) is 0.136. The molecule has 0 atom stereocenters. The van der Waals surface area contributed by atoms with Crippen molar-refractivity contribution >= 4 is 41.3 Å². The number of guanidine groups is 1. The number of halogens is 4. The Balaban J connectivity index is 0.00000480. The Kier molecular flexibility index (Phi) is 12.2. The number of nitrogens with zero attached hydrogens (tertiary/aromatic N) is 3. The second-order valence-electron chi connectivity index (χ2n) is 6.82. The van der Waals surface area contributed by atoms with Crippen LogP contribution in [0, 0.1) is 0 Å². The number of aliphatic imine (C=N–C) groups is 1. The van der Waals surface area contributed by atoms with Gasteiger partial charge in [-0.05, 0) is 45.1 Å². The van der Waals surface area contributed by atoms with E-state index in [0.29, 0.717) is 30.7 Å². The minimum absolute atomic E-state index is 0. The van der Waals surface area contributed by atoms with Gasteiger partial charge in [0.15, 0.2) is 11.7 Å². The van der Waals surface area contributed by atoms with Gasteiger partial charge < -0.3 is 20.3 Å². The fourth-order valence-electron chi connectivity index (χ4n) is 2.46. The van der Waals surface area contributed by atoms with Gasteiger partial charge in [-0.2, -0.15) is 13.2 Å². The Bertz CT molecular complexity index is 797. The van der Waals surface area contributed by atoms with Crippen LogP contribution in [0.2, 0.25) is 0 Å². The predicted molar refractivity (Wildman–Crippen MR) is 129 cm³/mol. The number of ether oxygens (including phenoxy) is 1. The van der Waals surface area contributed by atoms with Crippen molar-refractivity contribution in [1.29, 1.82) is 0 Å². The van der Waals surface area contributed by atoms with Gasteiger partial charge >= 0.3 is 6.18 Å². The van der Waals surface area contributed by atoms with Crippen LogP contribution in [0.5, 0.6) is 5.75 Å². The summed E-state index contributed by atoms with van der Waals surface area (Å²) in [6.07, 6.45) is -3.46. The smallest absolute Gasteiger partial charge is 0.434 e. The monoisotopic (exact) mass is 571 g/mol. The van der Waals surface area contributed by atoms with E-state index in [9.17, 15) is 13.2 Å². The highest BCUT2D eigenvalue weighted by Crippen LogP contribution is 2.29. The normalized spacial score (nSPS) is 11.9. The second kappa shape index (κ2) is 13.7. The van der Waals surface area contributed by atoms with E-state index in [2.05, 4.69) is 25.5 Å². The van der Waals surface area contributed by atoms with Crippen LogP contribution >= 0.6 is 35.3 Å². The first-order valence-electron chi connectivity index (χ1n) is 9.68. The number of hydrogen-bond donors (Lipinski definition) is 2. The van der Waals surface area contributed by atoms with Gasteiger partial charge in [-0.15, -0.1) is 35.3 Å². The molecule has 0 saturated heterocycles. The molecular weight excluding hydrogens is 542 g/mol. The quantitative estimate of drug-likeness (QED) is 0.192. The summed E-state index contributed by atoms with van der Waals surface area (Å²) in [5, 5.41) is 7.47. The average Bonchev–Trinajstić information content (AvgIpc) is 3.18. The molecule has 6 nitrogen and oxygen atoms in total. The standard InChI is InChI=1S/C20H28F3N5OS.HI/c1-4-24-19(26-13-18-27-17(14-30-18)20(21,22)23)25-12-15-6-8-16(9-7-15)29-11-5-10-28(2)3;/h6-9,14H,4-5,10-13H2,1-3H3,(H2,24,25,26);1H. The van der Waals surface area contributed by atoms with Crippen LogP contribution in [0.25, 0.3) is 0 Å². The number of thiazole rings is 1. The third kappa shape index (κ3) is 10.5. The van der Waals surface area contributed by atoms with E-state index in [-0.39, 0.29) is 30.5 Å². The third-order valence-electron chi connectivity index (χ3n) is 3.95. The van der Waals surface area contributed by atoms with Crippen LogP contribution in [-0.2, 0) is 19.3 Å². The fourth-order valence-corrected chi connectivity index (χ4v) is 3.20. The first kappa shape index (κ1) is 27.4. The lowest BCUT2D eigenvalue weighted by molar-refractivity contribution is -0.140. The third-order valence-corrected chi connectivity index (χ3v) is 4.80. The summed E-state index contributed by atoms with van der Waals surface area (Å²) >= 11 is 0.969. The zero-order valence-corrected chi connectivity index (χ0v) is 21.0. The molecule has 2 N–H and O–H groups in total. The van der Waals surface area contributed by atoms with Gasteiger partial charge in [0.05, 0.1) is 19.7 Å². The maximum atomic E-state index is 12.7. The molecule has 31 heavy (non-hydrogen) atoms. The van der Waals surface area contributed by atoms with Crippen molar-refractivity contribution in [1.82, 2.24) is 20.5 Å². The van der Waals surface area contributed by atoms with E-state index in [1.54, 1.807) is 0 Å². The van der Waals surface area contributed by atoms with Crippen LogP contribution in [0.4, 0.5) is 13.2 Å². The summed E-state index contributed by atoms with van der Waals surface area (Å²) in [4.78, 5) is 10.2. The molecule has 2 aromatic rings. The maximum Gasteiger partial charge on any atom is 0.434 e. The molecule has 1 aromatic heterocycles. The maximum absolute atomic E-state index is 12.7. The lowest BCUT2D eigenvalue weighted by Crippen LogP contribution is -2.36. The Hall–Kier alpha value is -1.60. The van der Waals surface area contributed by atoms with E-state index < -0.39 is 11.9 Å². The molecule has 174 valence electrons. The van der Waals surface area contributed by atoms with Gasteiger partial charge in [0, 0.05) is 18.5 Å². The van der Waals surface area contributed by atoms with Gasteiger partial charge in [-0.25, -0.2) is 9.98 Å². The molecular formula is C20H29F3IN5OS. The van der Waals surface area contributed by atoms with E-state index in [4.69, 9.17) is 4.74 Å². The zero-order chi connectivity index (χ0) is 22.0. The molecule has 0 aliphatic heterocycles. The molecule has 0 unspecified atom stereocenters. The lowest BCUT2D eigenvalue weighted by Gasteiger charge is -2.11. The molecule has 0 bridgehead atoms. The molecule has 0 aliphatic rings. The first-order valence-corrected chi connectivity index (χ1v) is 10.6. The van der Waals surface area contributed by atoms with E-state index in [1.807, 2.05) is 45.3 Å². The van der Waals surface area contributed by atoms with Crippen LogP contribution in [0.1, 0.15) is 29.6 Å². The molecule has 1 aromatic carbocycles. The summed E-state index contributed by atoms with van der Waals surface area (Å²) in [7, 11) is 4.06. The summed E-state index contributed by atoms with van der Waals surface area (Å²) in [5.74, 6) is 1.33. The summed E-state index contributed by atoms with van der Waals surface area (Å²) in [6, 6.07) is 7.72. The average molecular weight is 571 g/mol. The lowest BCUT2D eigenvalue weighted by atomic mass is 10.2. The van der Waals surface area contributed by atoms with Crippen molar-refractivity contribution in [3.63, 3.8) is 0 Å². The molecule has 0 saturated carbocycles. The highest BCUT2D eigenvalue weighted by atomic mass is 127. The second-order valence-corrected chi connectivity index (χ2v) is 7.76. The van der Waals surface area contributed by atoms with Gasteiger partial charge in [0.25, 0.3) is 0 Å². The van der Waals surface area contributed by atoms with Crippen molar-refractivity contribution in [3.05, 3.63) is 45.9 Å². The molecule has 2 rings (SSSR count). The van der Waals surface area contributed by atoms with E-state index in [0.717, 1.165) is 41.0 Å². The molecule has 0 aliphatic carbocycles. The van der Waals surface area contributed by atoms with Crippen LogP contribution in [0.15, 0.2) is 34.6 Å². The number of alkyl halides is 3. The molecule has 0 amide bonds. The highest BCUT2D eigenvalue weighted by Gasteiger charge is 2.33. The molecule has 0 spiro atoms. The van der Waals surface area contributed by atoms with Crippen LogP contribution in [-0.4, -0.2) is 49.6 Å². The summed E-state index contributed by atoms with van der Waals surface area (Å²) < 4.78 is 43.7. The topological polar surface area (TPSA) is 61.8 Å². The van der Waals surface area contributed by atoms with Crippen molar-refractivity contribution < 1.29 is 17.9 Å². The number of rotatable bonds is 10. The van der Waals surface area contributed by atoms with Crippen molar-refractivity contribution in [2.24, 2.45) is 4.99 Å². The largest absolute Gasteiger partial charge is 0.494 e. The molecule has 1 heterocycles. The predicted octanol–water partition coefficient (Wildman–Crippen LogP) is 4.37. The van der Waals surface area contributed by atoms with Gasteiger partial charge in [-0.3, -0.25) is 0 Å². The Morgan fingerprint density at radius 3 is 2.48 bits per heavy atom. The number of hydrogen-bond acceptors (Lipinski definition) is 5. The minimum Gasteiger partial charge on any atom is -0.494 e. The van der Waals surface area contributed by atoms with Crippen molar-refractivity contribution in [2.45, 2.75) is 32.6 Å². The van der Waals surface area contributed by atoms with Crippen LogP contribution in [0.3, 0.4) is 0 Å². The Morgan fingerprint density at radius 1 is 1.19 bits per heavy atom. The number of nitrogens with one attached hydrogen (secondary N) is 2. The molecule has 0 radical (unpaired) electrons. The van der Waals surface area contributed by atoms with Gasteiger partial charge in [0.2, 0.25) is 0 Å². The van der Waals surface area contributed by atoms with Crippen molar-refractivity contribution in [2.75, 3.05) is 33.8 Å². The van der Waals surface area contributed by atoms with E-state index in [1.165, 1.54) is 0 Å². The Morgan fingerprint density at radius 2 is 1.90 bits per heavy atom. The number of aromatic nitrogens is 1. The SMILES string of the molecule is CCNC(=NCc1ccc(OCCCN(C)C)cc1)NCc1nc(C(F)(F)F)cs1.I. The van der Waals surface area contributed by atoms with Gasteiger partial charge in [-0.1, -0.05) is 12.1 Å². The minimum atomic E-state index is -4.42. The van der Waals surface area contributed by atoms with Gasteiger partial charge in [0.1, 0.15) is 10.8 Å².